The minimum atomic E-state index is -0.488. The van der Waals surface area contributed by atoms with Gasteiger partial charge in [0, 0.05) is 18.7 Å². The van der Waals surface area contributed by atoms with Crippen LogP contribution in [0.2, 0.25) is 5.15 Å². The van der Waals surface area contributed by atoms with Gasteiger partial charge >= 0.3 is 5.97 Å². The molecular formula is C17H16ClN3O3. The van der Waals surface area contributed by atoms with Crippen molar-refractivity contribution in [2.45, 2.75) is 6.92 Å². The summed E-state index contributed by atoms with van der Waals surface area (Å²) < 4.78 is 12.0. The molecule has 7 heteroatoms. The quantitative estimate of drug-likeness (QED) is 0.457. The summed E-state index contributed by atoms with van der Waals surface area (Å²) in [5.41, 5.74) is 1.98. The Bertz CT molecular complexity index is 789. The molecule has 1 heterocycles. The van der Waals surface area contributed by atoms with Crippen molar-refractivity contribution in [2.24, 2.45) is 7.05 Å². The number of nitrogens with zero attached hydrogens (tertiary/aromatic N) is 3. The molecule has 0 aliphatic carbocycles. The molecule has 1 aromatic carbocycles. The highest BCUT2D eigenvalue weighted by molar-refractivity contribution is 6.31. The van der Waals surface area contributed by atoms with E-state index in [1.165, 1.54) is 10.8 Å². The predicted octanol–water partition coefficient (Wildman–Crippen LogP) is 2.89. The fourth-order valence-corrected chi connectivity index (χ4v) is 2.20. The molecule has 0 bridgehead atoms. The SMILES string of the molecule is Cc1nn(C)c(Cl)c1/C=C/C(=O)OCCOc1ccc(C#N)cc1. The first-order valence-electron chi connectivity index (χ1n) is 7.18. The third kappa shape index (κ3) is 4.61. The van der Waals surface area contributed by atoms with Gasteiger partial charge in [-0.2, -0.15) is 10.4 Å². The minimum Gasteiger partial charge on any atom is -0.490 e. The lowest BCUT2D eigenvalue weighted by Gasteiger charge is -2.06. The molecule has 0 atom stereocenters. The van der Waals surface area contributed by atoms with E-state index in [0.29, 0.717) is 22.0 Å². The van der Waals surface area contributed by atoms with E-state index in [2.05, 4.69) is 5.10 Å². The number of hydrogen-bond acceptors (Lipinski definition) is 5. The van der Waals surface area contributed by atoms with Gasteiger partial charge in [0.25, 0.3) is 0 Å². The Balaban J connectivity index is 1.77. The van der Waals surface area contributed by atoms with Crippen molar-refractivity contribution in [3.63, 3.8) is 0 Å². The summed E-state index contributed by atoms with van der Waals surface area (Å²) in [6.45, 7) is 2.14. The molecule has 2 rings (SSSR count). The van der Waals surface area contributed by atoms with E-state index in [1.807, 2.05) is 13.0 Å². The van der Waals surface area contributed by atoms with Gasteiger partial charge in [-0.25, -0.2) is 4.79 Å². The second kappa shape index (κ2) is 8.18. The summed E-state index contributed by atoms with van der Waals surface area (Å²) in [4.78, 5) is 11.7. The lowest BCUT2D eigenvalue weighted by atomic mass is 10.2. The lowest BCUT2D eigenvalue weighted by molar-refractivity contribution is -0.138. The first-order valence-corrected chi connectivity index (χ1v) is 7.56. The molecule has 0 spiro atoms. The molecule has 0 amide bonds. The first-order chi connectivity index (χ1) is 11.5. The molecule has 0 radical (unpaired) electrons. The third-order valence-electron chi connectivity index (χ3n) is 3.16. The largest absolute Gasteiger partial charge is 0.490 e. The van der Waals surface area contributed by atoms with E-state index < -0.39 is 5.97 Å². The van der Waals surface area contributed by atoms with E-state index >= 15 is 0 Å². The highest BCUT2D eigenvalue weighted by atomic mass is 35.5. The molecule has 0 N–H and O–H groups in total. The number of ether oxygens (including phenoxy) is 2. The highest BCUT2D eigenvalue weighted by Gasteiger charge is 2.08. The Labute approximate surface area is 144 Å². The van der Waals surface area contributed by atoms with Gasteiger partial charge in [-0.3, -0.25) is 4.68 Å². The summed E-state index contributed by atoms with van der Waals surface area (Å²) in [5.74, 6) is 0.121. The van der Waals surface area contributed by atoms with Crippen molar-refractivity contribution in [1.29, 1.82) is 5.26 Å². The lowest BCUT2D eigenvalue weighted by Crippen LogP contribution is -2.10. The van der Waals surface area contributed by atoms with Crippen LogP contribution in [-0.2, 0) is 16.6 Å². The average Bonchev–Trinajstić information content (AvgIpc) is 2.82. The van der Waals surface area contributed by atoms with Gasteiger partial charge in [-0.05, 0) is 37.3 Å². The standard InChI is InChI=1S/C17H16ClN3O3/c1-12-15(17(18)21(2)20-12)7-8-16(22)24-10-9-23-14-5-3-13(11-19)4-6-14/h3-8H,9-10H2,1-2H3/b8-7+. The van der Waals surface area contributed by atoms with Gasteiger partial charge in [0.15, 0.2) is 0 Å². The van der Waals surface area contributed by atoms with Gasteiger partial charge in [0.2, 0.25) is 0 Å². The molecule has 6 nitrogen and oxygen atoms in total. The zero-order valence-corrected chi connectivity index (χ0v) is 14.1. The van der Waals surface area contributed by atoms with Crippen LogP contribution in [0.15, 0.2) is 30.3 Å². The highest BCUT2D eigenvalue weighted by Crippen LogP contribution is 2.19. The normalized spacial score (nSPS) is 10.6. The molecule has 0 saturated heterocycles. The van der Waals surface area contributed by atoms with Crippen molar-refractivity contribution >= 4 is 23.6 Å². The number of halogens is 1. The van der Waals surface area contributed by atoms with Gasteiger partial charge < -0.3 is 9.47 Å². The average molecular weight is 346 g/mol. The maximum atomic E-state index is 11.7. The Morgan fingerprint density at radius 1 is 1.38 bits per heavy atom. The summed E-state index contributed by atoms with van der Waals surface area (Å²) in [6, 6.07) is 8.71. The topological polar surface area (TPSA) is 77.1 Å². The predicted molar refractivity (Wildman–Crippen MR) is 89.6 cm³/mol. The van der Waals surface area contributed by atoms with E-state index in [9.17, 15) is 4.79 Å². The smallest absolute Gasteiger partial charge is 0.330 e. The number of hydrogen-bond donors (Lipinski definition) is 0. The van der Waals surface area contributed by atoms with Gasteiger partial charge in [0.1, 0.15) is 24.1 Å². The third-order valence-corrected chi connectivity index (χ3v) is 3.61. The van der Waals surface area contributed by atoms with Crippen molar-refractivity contribution in [2.75, 3.05) is 13.2 Å². The number of rotatable bonds is 6. The molecule has 0 aliphatic heterocycles. The zero-order chi connectivity index (χ0) is 17.5. The van der Waals surface area contributed by atoms with Crippen LogP contribution in [0.3, 0.4) is 0 Å². The van der Waals surface area contributed by atoms with Crippen LogP contribution in [0.1, 0.15) is 16.8 Å². The summed E-state index contributed by atoms with van der Waals surface area (Å²) in [6.07, 6.45) is 2.88. The van der Waals surface area contributed by atoms with E-state index in [1.54, 1.807) is 37.4 Å². The van der Waals surface area contributed by atoms with Crippen LogP contribution in [0.25, 0.3) is 6.08 Å². The van der Waals surface area contributed by atoms with Crippen molar-refractivity contribution in [3.8, 4) is 11.8 Å². The molecule has 2 aromatic rings. The summed E-state index contributed by atoms with van der Waals surface area (Å²) >= 11 is 6.07. The number of carbonyl (C=O) groups is 1. The number of carbonyl (C=O) groups excluding carboxylic acids is 1. The zero-order valence-electron chi connectivity index (χ0n) is 13.3. The molecule has 0 fully saturated rings. The fraction of sp³-hybridized carbons (Fsp3) is 0.235. The maximum absolute atomic E-state index is 11.7. The van der Waals surface area contributed by atoms with Crippen molar-refractivity contribution < 1.29 is 14.3 Å². The molecule has 1 aromatic heterocycles. The van der Waals surface area contributed by atoms with Gasteiger partial charge in [-0.15, -0.1) is 0 Å². The number of aromatic nitrogens is 2. The minimum absolute atomic E-state index is 0.114. The number of esters is 1. The van der Waals surface area contributed by atoms with Crippen LogP contribution in [-0.4, -0.2) is 29.0 Å². The van der Waals surface area contributed by atoms with Crippen LogP contribution in [0.5, 0.6) is 5.75 Å². The number of benzene rings is 1. The number of aryl methyl sites for hydroxylation is 2. The van der Waals surface area contributed by atoms with Crippen LogP contribution in [0.4, 0.5) is 0 Å². The monoisotopic (exact) mass is 345 g/mol. The van der Waals surface area contributed by atoms with Crippen molar-refractivity contribution in [1.82, 2.24) is 9.78 Å². The molecule has 124 valence electrons. The van der Waals surface area contributed by atoms with Gasteiger partial charge in [0.05, 0.1) is 17.3 Å². The molecule has 24 heavy (non-hydrogen) atoms. The second-order valence-corrected chi connectivity index (χ2v) is 5.26. The fourth-order valence-electron chi connectivity index (χ4n) is 1.96. The van der Waals surface area contributed by atoms with Crippen LogP contribution >= 0.6 is 11.6 Å². The Hall–Kier alpha value is -2.78. The van der Waals surface area contributed by atoms with E-state index in [4.69, 9.17) is 26.3 Å². The first kappa shape index (κ1) is 17.6. The van der Waals surface area contributed by atoms with E-state index in [-0.39, 0.29) is 13.2 Å². The van der Waals surface area contributed by atoms with Gasteiger partial charge in [-0.1, -0.05) is 11.6 Å². The Morgan fingerprint density at radius 2 is 2.08 bits per heavy atom. The molecule has 0 aliphatic rings. The number of nitriles is 1. The van der Waals surface area contributed by atoms with Crippen LogP contribution < -0.4 is 4.74 Å². The van der Waals surface area contributed by atoms with Crippen molar-refractivity contribution in [3.05, 3.63) is 52.3 Å². The molecule has 0 unspecified atom stereocenters. The Kier molecular flexibility index (Phi) is 5.99. The summed E-state index contributed by atoms with van der Waals surface area (Å²) in [5, 5.41) is 13.3. The van der Waals surface area contributed by atoms with Crippen LogP contribution in [0, 0.1) is 18.3 Å². The summed E-state index contributed by atoms with van der Waals surface area (Å²) in [7, 11) is 1.73. The second-order valence-electron chi connectivity index (χ2n) is 4.90. The van der Waals surface area contributed by atoms with E-state index in [0.717, 1.165) is 5.69 Å². The Morgan fingerprint density at radius 3 is 2.67 bits per heavy atom. The maximum Gasteiger partial charge on any atom is 0.330 e. The molecular weight excluding hydrogens is 330 g/mol. The molecule has 0 saturated carbocycles.